The van der Waals surface area contributed by atoms with Gasteiger partial charge in [-0.3, -0.25) is 29.1 Å². The minimum absolute atomic E-state index is 0.0539. The lowest BCUT2D eigenvalue weighted by Crippen LogP contribution is -2.19. The summed E-state index contributed by atoms with van der Waals surface area (Å²) in [5.41, 5.74) is 1.37. The number of hydrogen-bond acceptors (Lipinski definition) is 9. The molecule has 0 saturated heterocycles. The second kappa shape index (κ2) is 10.9. The van der Waals surface area contributed by atoms with Crippen molar-refractivity contribution in [2.24, 2.45) is 7.05 Å². The SMILES string of the molecule is COc1cnc(C(F)F)cc1-c1cc(-n2ccc(C)cc2=O)ncc1C(=O)Nc1nnc([C@H]2C[C@@H]2c2ccn(C)n2)s1. The Kier molecular flexibility index (Phi) is 7.06. The lowest BCUT2D eigenvalue weighted by Gasteiger charge is -2.15. The number of ether oxygens (including phenoxy) is 1. The Bertz CT molecular complexity index is 1870. The molecule has 0 bridgehead atoms. The summed E-state index contributed by atoms with van der Waals surface area (Å²) in [6, 6.07) is 7.78. The van der Waals surface area contributed by atoms with Crippen molar-refractivity contribution in [1.82, 2.24) is 34.5 Å². The van der Waals surface area contributed by atoms with E-state index in [0.29, 0.717) is 0 Å². The van der Waals surface area contributed by atoms with Crippen LogP contribution >= 0.6 is 11.3 Å². The summed E-state index contributed by atoms with van der Waals surface area (Å²) in [4.78, 5) is 34.4. The molecule has 1 saturated carbocycles. The third kappa shape index (κ3) is 5.28. The van der Waals surface area contributed by atoms with Gasteiger partial charge in [0.05, 0.1) is 24.6 Å². The van der Waals surface area contributed by atoms with Crippen LogP contribution in [0.3, 0.4) is 0 Å². The largest absolute Gasteiger partial charge is 0.494 e. The number of nitrogens with one attached hydrogen (secondary N) is 1. The molecule has 0 spiro atoms. The molecule has 5 aromatic heterocycles. The van der Waals surface area contributed by atoms with Crippen LogP contribution in [-0.2, 0) is 7.05 Å². The Labute approximate surface area is 241 Å². The molecular weight excluding hydrogens is 566 g/mol. The maximum absolute atomic E-state index is 13.6. The Morgan fingerprint density at radius 2 is 1.93 bits per heavy atom. The number of anilines is 1. The minimum Gasteiger partial charge on any atom is -0.494 e. The number of hydrogen-bond donors (Lipinski definition) is 1. The van der Waals surface area contributed by atoms with E-state index in [9.17, 15) is 18.4 Å². The number of halogens is 2. The monoisotopic (exact) mass is 590 g/mol. The van der Waals surface area contributed by atoms with E-state index in [0.717, 1.165) is 28.8 Å². The molecule has 1 fully saturated rings. The molecule has 5 heterocycles. The van der Waals surface area contributed by atoms with E-state index >= 15 is 0 Å². The van der Waals surface area contributed by atoms with Gasteiger partial charge in [0, 0.05) is 54.7 Å². The zero-order valence-electron chi connectivity index (χ0n) is 22.7. The van der Waals surface area contributed by atoms with Crippen LogP contribution in [0.15, 0.2) is 59.9 Å². The van der Waals surface area contributed by atoms with Crippen LogP contribution in [0.5, 0.6) is 5.75 Å². The van der Waals surface area contributed by atoms with Gasteiger partial charge < -0.3 is 4.74 Å². The standard InChI is InChI=1S/C28H24F2N8O3S/c1-14-4-7-38(24(39)8-14)23-11-15(17-10-21(25(29)30)31-13-22(17)41-3)19(12-32-23)26(40)33-28-35-34-27(42-28)18-9-16(18)20-5-6-37(2)36-20/h4-8,10-13,16,18,25H,9H2,1-3H3,(H,33,35,40)/t16-,18-/m0/s1. The smallest absolute Gasteiger partial charge is 0.280 e. The fraction of sp³-hybridized carbons (Fsp3) is 0.250. The van der Waals surface area contributed by atoms with E-state index in [1.165, 1.54) is 47.5 Å². The molecule has 0 radical (unpaired) electrons. The molecular formula is C28H24F2N8O3S. The van der Waals surface area contributed by atoms with Crippen molar-refractivity contribution in [3.63, 3.8) is 0 Å². The van der Waals surface area contributed by atoms with Crippen molar-refractivity contribution in [3.05, 3.63) is 93.0 Å². The van der Waals surface area contributed by atoms with Crippen molar-refractivity contribution >= 4 is 22.4 Å². The average molecular weight is 591 g/mol. The number of pyridine rings is 3. The Hall–Kier alpha value is -4.85. The van der Waals surface area contributed by atoms with Crippen molar-refractivity contribution < 1.29 is 18.3 Å². The highest BCUT2D eigenvalue weighted by Crippen LogP contribution is 2.55. The fourth-order valence-corrected chi connectivity index (χ4v) is 5.64. The van der Waals surface area contributed by atoms with Gasteiger partial charge in [0.2, 0.25) is 5.13 Å². The van der Waals surface area contributed by atoms with E-state index < -0.39 is 18.0 Å². The van der Waals surface area contributed by atoms with Crippen LogP contribution in [0.2, 0.25) is 0 Å². The van der Waals surface area contributed by atoms with Crippen molar-refractivity contribution in [1.29, 1.82) is 0 Å². The number of rotatable bonds is 8. The van der Waals surface area contributed by atoms with Gasteiger partial charge in [-0.2, -0.15) is 5.10 Å². The molecule has 2 atom stereocenters. The molecule has 1 amide bonds. The van der Waals surface area contributed by atoms with Gasteiger partial charge in [0.15, 0.2) is 0 Å². The number of aromatic nitrogens is 7. The molecule has 0 unspecified atom stereocenters. The maximum atomic E-state index is 13.6. The molecule has 6 rings (SSSR count). The van der Waals surface area contributed by atoms with Gasteiger partial charge >= 0.3 is 0 Å². The van der Waals surface area contributed by atoms with Gasteiger partial charge in [-0.25, -0.2) is 13.8 Å². The molecule has 1 N–H and O–H groups in total. The van der Waals surface area contributed by atoms with E-state index in [2.05, 4.69) is 30.6 Å². The normalized spacial score (nSPS) is 16.0. The summed E-state index contributed by atoms with van der Waals surface area (Å²) in [7, 11) is 3.23. The van der Waals surface area contributed by atoms with Crippen LogP contribution < -0.4 is 15.6 Å². The average Bonchev–Trinajstić information content (AvgIpc) is 3.42. The lowest BCUT2D eigenvalue weighted by molar-refractivity contribution is 0.102. The summed E-state index contributed by atoms with van der Waals surface area (Å²) in [6.07, 6.45) is 3.93. The zero-order valence-corrected chi connectivity index (χ0v) is 23.5. The number of alkyl halides is 2. The fourth-order valence-electron chi connectivity index (χ4n) is 4.72. The van der Waals surface area contributed by atoms with Gasteiger partial charge in [0.1, 0.15) is 22.3 Å². The highest BCUT2D eigenvalue weighted by molar-refractivity contribution is 7.15. The van der Waals surface area contributed by atoms with Crippen LogP contribution in [0.4, 0.5) is 13.9 Å². The van der Waals surface area contributed by atoms with E-state index in [-0.39, 0.29) is 50.8 Å². The third-order valence-corrected chi connectivity index (χ3v) is 7.93. The number of amides is 1. The number of nitrogens with zero attached hydrogens (tertiary/aromatic N) is 7. The zero-order chi connectivity index (χ0) is 29.5. The first-order valence-corrected chi connectivity index (χ1v) is 13.7. The van der Waals surface area contributed by atoms with Gasteiger partial charge in [-0.15, -0.1) is 10.2 Å². The van der Waals surface area contributed by atoms with Crippen molar-refractivity contribution in [3.8, 4) is 22.7 Å². The van der Waals surface area contributed by atoms with Gasteiger partial charge in [-0.1, -0.05) is 11.3 Å². The molecule has 14 heteroatoms. The molecule has 0 aliphatic heterocycles. The van der Waals surface area contributed by atoms with Crippen LogP contribution in [-0.4, -0.2) is 47.5 Å². The lowest BCUT2D eigenvalue weighted by atomic mass is 10.00. The van der Waals surface area contributed by atoms with Gasteiger partial charge in [-0.05, 0) is 43.2 Å². The van der Waals surface area contributed by atoms with Crippen LogP contribution in [0.25, 0.3) is 16.9 Å². The molecule has 42 heavy (non-hydrogen) atoms. The quantitative estimate of drug-likeness (QED) is 0.276. The summed E-state index contributed by atoms with van der Waals surface area (Å²) < 4.78 is 35.7. The molecule has 1 aliphatic rings. The molecule has 5 aromatic rings. The number of methoxy groups -OCH3 is 1. The summed E-state index contributed by atoms with van der Waals surface area (Å²) in [5.74, 6) is 0.184. The van der Waals surface area contributed by atoms with Crippen molar-refractivity contribution in [2.45, 2.75) is 31.6 Å². The number of aryl methyl sites for hydroxylation is 2. The van der Waals surface area contributed by atoms with E-state index in [4.69, 9.17) is 4.74 Å². The van der Waals surface area contributed by atoms with Crippen LogP contribution in [0, 0.1) is 6.92 Å². The second-order valence-corrected chi connectivity index (χ2v) is 10.9. The van der Waals surface area contributed by atoms with E-state index in [1.54, 1.807) is 23.9 Å². The van der Waals surface area contributed by atoms with Crippen LogP contribution in [0.1, 0.15) is 57.0 Å². The maximum Gasteiger partial charge on any atom is 0.280 e. The first-order valence-electron chi connectivity index (χ1n) is 12.9. The molecule has 0 aromatic carbocycles. The van der Waals surface area contributed by atoms with Crippen molar-refractivity contribution in [2.75, 3.05) is 12.4 Å². The summed E-state index contributed by atoms with van der Waals surface area (Å²) in [6.45, 7) is 1.78. The second-order valence-electron chi connectivity index (χ2n) is 9.87. The predicted octanol–water partition coefficient (Wildman–Crippen LogP) is 4.66. The molecule has 214 valence electrons. The third-order valence-electron chi connectivity index (χ3n) is 6.96. The Morgan fingerprint density at radius 3 is 2.64 bits per heavy atom. The number of carbonyl (C=O) groups excluding carboxylic acids is 1. The van der Waals surface area contributed by atoms with Gasteiger partial charge in [0.25, 0.3) is 17.9 Å². The first kappa shape index (κ1) is 27.3. The van der Waals surface area contributed by atoms with E-state index in [1.807, 2.05) is 19.3 Å². The highest BCUT2D eigenvalue weighted by Gasteiger charge is 2.43. The molecule has 1 aliphatic carbocycles. The Morgan fingerprint density at radius 1 is 1.10 bits per heavy atom. The molecule has 11 nitrogen and oxygen atoms in total. The minimum atomic E-state index is -2.86. The first-order chi connectivity index (χ1) is 20.2. The summed E-state index contributed by atoms with van der Waals surface area (Å²) in [5, 5.41) is 16.7. The highest BCUT2D eigenvalue weighted by atomic mass is 32.1. The summed E-state index contributed by atoms with van der Waals surface area (Å²) >= 11 is 1.26. The Balaban J connectivity index is 1.35. The predicted molar refractivity (Wildman–Crippen MR) is 150 cm³/mol. The topological polar surface area (TPSA) is 130 Å². The number of carbonyl (C=O) groups is 1.